The first-order valence-electron chi connectivity index (χ1n) is 6.65. The number of nitrogens with one attached hydrogen (secondary N) is 1. The van der Waals surface area contributed by atoms with Crippen molar-refractivity contribution >= 4 is 0 Å². The molecule has 1 rings (SSSR count). The molecule has 0 aliphatic rings. The highest BCUT2D eigenvalue weighted by atomic mass is 19.1. The molecule has 0 radical (unpaired) electrons. The Morgan fingerprint density at radius 2 is 1.95 bits per heavy atom. The van der Waals surface area contributed by atoms with Gasteiger partial charge < -0.3 is 15.5 Å². The molecule has 0 aromatic heterocycles. The second-order valence-electron chi connectivity index (χ2n) is 5.90. The predicted molar refractivity (Wildman–Crippen MR) is 74.6 cm³/mol. The Hall–Kier alpha value is -1.13. The fourth-order valence-electron chi connectivity index (χ4n) is 2.30. The summed E-state index contributed by atoms with van der Waals surface area (Å²) < 4.78 is 13.7. The molecule has 3 N–H and O–H groups in total. The molecule has 0 aliphatic heterocycles. The van der Waals surface area contributed by atoms with Gasteiger partial charge in [-0.3, -0.25) is 0 Å². The number of halogens is 1. The maximum absolute atomic E-state index is 13.7. The third-order valence-corrected chi connectivity index (χ3v) is 3.09. The average Bonchev–Trinajstić information content (AvgIpc) is 2.24. The van der Waals surface area contributed by atoms with E-state index < -0.39 is 11.4 Å². The van der Waals surface area contributed by atoms with Crippen molar-refractivity contribution in [2.24, 2.45) is 5.92 Å². The Bertz CT molecular complexity index is 419. The van der Waals surface area contributed by atoms with E-state index in [9.17, 15) is 14.6 Å². The number of phenols is 1. The summed E-state index contributed by atoms with van der Waals surface area (Å²) in [6, 6.07) is 3.89. The van der Waals surface area contributed by atoms with E-state index in [2.05, 4.69) is 19.2 Å². The smallest absolute Gasteiger partial charge is 0.131 e. The van der Waals surface area contributed by atoms with Crippen LogP contribution >= 0.6 is 0 Å². The number of aliphatic hydroxyl groups is 1. The van der Waals surface area contributed by atoms with Gasteiger partial charge in [0.2, 0.25) is 0 Å². The molecule has 0 spiro atoms. The highest BCUT2D eigenvalue weighted by molar-refractivity contribution is 5.29. The van der Waals surface area contributed by atoms with Crippen LogP contribution in [0.1, 0.15) is 45.7 Å². The summed E-state index contributed by atoms with van der Waals surface area (Å²) >= 11 is 0. The van der Waals surface area contributed by atoms with Crippen LogP contribution in [0.4, 0.5) is 4.39 Å². The van der Waals surface area contributed by atoms with Gasteiger partial charge in [-0.05, 0) is 32.3 Å². The Kier molecular flexibility index (Phi) is 5.32. The zero-order valence-corrected chi connectivity index (χ0v) is 12.1. The maximum atomic E-state index is 13.7. The Balaban J connectivity index is 2.62. The quantitative estimate of drug-likeness (QED) is 0.744. The van der Waals surface area contributed by atoms with Crippen molar-refractivity contribution in [2.75, 3.05) is 6.54 Å². The van der Waals surface area contributed by atoms with Crippen molar-refractivity contribution < 1.29 is 14.6 Å². The summed E-state index contributed by atoms with van der Waals surface area (Å²) in [5, 5.41) is 22.5. The second-order valence-corrected chi connectivity index (χ2v) is 5.90. The normalized spacial score (nSPS) is 16.4. The minimum Gasteiger partial charge on any atom is -0.508 e. The van der Waals surface area contributed by atoms with E-state index in [4.69, 9.17) is 0 Å². The number of phenolic OH excluding ortho intramolecular Hbond substituents is 1. The summed E-state index contributed by atoms with van der Waals surface area (Å²) in [4.78, 5) is 0. The number of hydrogen-bond acceptors (Lipinski definition) is 3. The molecule has 0 amide bonds. The lowest BCUT2D eigenvalue weighted by molar-refractivity contribution is 0.0362. The molecule has 0 bridgehead atoms. The summed E-state index contributed by atoms with van der Waals surface area (Å²) in [5.74, 6) is -0.124. The van der Waals surface area contributed by atoms with Crippen LogP contribution in [0.3, 0.4) is 0 Å². The number of hydrogen-bond donors (Lipinski definition) is 3. The third-order valence-electron chi connectivity index (χ3n) is 3.09. The van der Waals surface area contributed by atoms with Gasteiger partial charge in [-0.15, -0.1) is 0 Å². The van der Waals surface area contributed by atoms with E-state index in [0.717, 1.165) is 6.07 Å². The van der Waals surface area contributed by atoms with Crippen molar-refractivity contribution in [1.29, 1.82) is 0 Å². The molecule has 0 saturated carbocycles. The molecular weight excluding hydrogens is 245 g/mol. The Morgan fingerprint density at radius 3 is 2.47 bits per heavy atom. The van der Waals surface area contributed by atoms with E-state index in [1.165, 1.54) is 6.07 Å². The number of rotatable bonds is 6. The van der Waals surface area contributed by atoms with Gasteiger partial charge in [0.1, 0.15) is 11.6 Å². The average molecular weight is 269 g/mol. The predicted octanol–water partition coefficient (Wildman–Crippen LogP) is 2.98. The zero-order chi connectivity index (χ0) is 14.6. The van der Waals surface area contributed by atoms with Gasteiger partial charge in [0, 0.05) is 24.2 Å². The first kappa shape index (κ1) is 15.9. The summed E-state index contributed by atoms with van der Waals surface area (Å²) in [7, 11) is 0. The molecular formula is C15H24FNO2. The number of benzene rings is 1. The lowest BCUT2D eigenvalue weighted by atomic mass is 9.94. The third kappa shape index (κ3) is 5.17. The van der Waals surface area contributed by atoms with E-state index >= 15 is 0 Å². The summed E-state index contributed by atoms with van der Waals surface area (Å²) in [5.41, 5.74) is -0.325. The monoisotopic (exact) mass is 269 g/mol. The lowest BCUT2D eigenvalue weighted by Gasteiger charge is -2.28. The molecule has 0 aliphatic carbocycles. The first-order valence-corrected chi connectivity index (χ1v) is 6.65. The fourth-order valence-corrected chi connectivity index (χ4v) is 2.30. The molecule has 0 fully saturated rings. The molecule has 1 aromatic rings. The highest BCUT2D eigenvalue weighted by Crippen LogP contribution is 2.22. The van der Waals surface area contributed by atoms with Crippen LogP contribution in [-0.4, -0.2) is 22.4 Å². The summed E-state index contributed by atoms with van der Waals surface area (Å²) in [6.07, 6.45) is 0.685. The van der Waals surface area contributed by atoms with Gasteiger partial charge in [-0.2, -0.15) is 0 Å². The molecule has 0 saturated heterocycles. The van der Waals surface area contributed by atoms with Crippen LogP contribution in [0.5, 0.6) is 5.75 Å². The Morgan fingerprint density at radius 1 is 1.32 bits per heavy atom. The molecule has 1 aromatic carbocycles. The molecule has 108 valence electrons. The van der Waals surface area contributed by atoms with Gasteiger partial charge in [0.25, 0.3) is 0 Å². The van der Waals surface area contributed by atoms with Crippen LogP contribution in [0.25, 0.3) is 0 Å². The van der Waals surface area contributed by atoms with E-state index in [-0.39, 0.29) is 11.8 Å². The minimum absolute atomic E-state index is 0.0831. The van der Waals surface area contributed by atoms with Crippen LogP contribution in [-0.2, 0) is 0 Å². The fraction of sp³-hybridized carbons (Fsp3) is 0.600. The van der Waals surface area contributed by atoms with Crippen LogP contribution < -0.4 is 5.32 Å². The molecule has 2 atom stereocenters. The standard InChI is InChI=1S/C15H24FNO2/c1-10(2)8-15(4,19)9-17-11(3)13-6-5-12(18)7-14(13)16/h5-7,10-11,17-19H,8-9H2,1-4H3. The second kappa shape index (κ2) is 6.35. The topological polar surface area (TPSA) is 52.5 Å². The van der Waals surface area contributed by atoms with Crippen LogP contribution in [0, 0.1) is 11.7 Å². The van der Waals surface area contributed by atoms with Gasteiger partial charge in [-0.25, -0.2) is 4.39 Å². The minimum atomic E-state index is -0.810. The molecule has 0 heterocycles. The molecule has 2 unspecified atom stereocenters. The number of aromatic hydroxyl groups is 1. The molecule has 4 heteroatoms. The molecule has 19 heavy (non-hydrogen) atoms. The SMILES string of the molecule is CC(C)CC(C)(O)CNC(C)c1ccc(O)cc1F. The first-order chi connectivity index (χ1) is 8.71. The van der Waals surface area contributed by atoms with E-state index in [0.29, 0.717) is 24.4 Å². The van der Waals surface area contributed by atoms with Gasteiger partial charge in [0.05, 0.1) is 5.60 Å². The van der Waals surface area contributed by atoms with E-state index in [1.54, 1.807) is 13.0 Å². The zero-order valence-electron chi connectivity index (χ0n) is 12.1. The van der Waals surface area contributed by atoms with Gasteiger partial charge in [0.15, 0.2) is 0 Å². The Labute approximate surface area is 114 Å². The van der Waals surface area contributed by atoms with Crippen molar-refractivity contribution in [3.8, 4) is 5.75 Å². The largest absolute Gasteiger partial charge is 0.508 e. The molecule has 3 nitrogen and oxygen atoms in total. The van der Waals surface area contributed by atoms with E-state index in [1.807, 2.05) is 6.92 Å². The summed E-state index contributed by atoms with van der Waals surface area (Å²) in [6.45, 7) is 8.11. The highest BCUT2D eigenvalue weighted by Gasteiger charge is 2.23. The lowest BCUT2D eigenvalue weighted by Crippen LogP contribution is -2.40. The van der Waals surface area contributed by atoms with Crippen molar-refractivity contribution in [1.82, 2.24) is 5.32 Å². The van der Waals surface area contributed by atoms with Crippen molar-refractivity contribution in [3.05, 3.63) is 29.6 Å². The van der Waals surface area contributed by atoms with Gasteiger partial charge in [-0.1, -0.05) is 19.9 Å². The van der Waals surface area contributed by atoms with Crippen LogP contribution in [0.2, 0.25) is 0 Å². The maximum Gasteiger partial charge on any atom is 0.131 e. The van der Waals surface area contributed by atoms with Crippen LogP contribution in [0.15, 0.2) is 18.2 Å². The van der Waals surface area contributed by atoms with Crippen molar-refractivity contribution in [3.63, 3.8) is 0 Å². The van der Waals surface area contributed by atoms with Crippen molar-refractivity contribution in [2.45, 2.75) is 45.8 Å². The van der Waals surface area contributed by atoms with Gasteiger partial charge >= 0.3 is 0 Å².